The lowest BCUT2D eigenvalue weighted by atomic mass is 10.2. The highest BCUT2D eigenvalue weighted by Gasteiger charge is 2.17. The molecule has 2 aromatic carbocycles. The molecule has 0 fully saturated rings. The number of benzene rings is 2. The summed E-state index contributed by atoms with van der Waals surface area (Å²) >= 11 is 0. The molecule has 9 heteroatoms. The molecule has 26 heavy (non-hydrogen) atoms. The molecule has 0 radical (unpaired) electrons. The highest BCUT2D eigenvalue weighted by molar-refractivity contribution is 5.96. The molecular formula is C17H14FN5O3. The van der Waals surface area contributed by atoms with Crippen molar-refractivity contribution in [3.8, 4) is 11.5 Å². The second kappa shape index (κ2) is 6.36. The van der Waals surface area contributed by atoms with Crippen LogP contribution >= 0.6 is 0 Å². The minimum Gasteiger partial charge on any atom is -0.486 e. The zero-order chi connectivity index (χ0) is 18.1. The molecule has 3 N–H and O–H groups in total. The summed E-state index contributed by atoms with van der Waals surface area (Å²) in [7, 11) is 0. The van der Waals surface area contributed by atoms with Gasteiger partial charge in [-0.2, -0.15) is 9.67 Å². The number of hydrogen-bond acceptors (Lipinski definition) is 7. The average molecular weight is 355 g/mol. The largest absolute Gasteiger partial charge is 0.486 e. The molecule has 0 saturated heterocycles. The number of carbonyl (C=O) groups is 1. The second-order valence-corrected chi connectivity index (χ2v) is 5.50. The van der Waals surface area contributed by atoms with Gasteiger partial charge < -0.3 is 20.5 Å². The highest BCUT2D eigenvalue weighted by atomic mass is 19.1. The van der Waals surface area contributed by atoms with Gasteiger partial charge in [-0.3, -0.25) is 4.79 Å². The molecule has 2 heterocycles. The zero-order valence-electron chi connectivity index (χ0n) is 13.5. The van der Waals surface area contributed by atoms with Crippen molar-refractivity contribution in [3.63, 3.8) is 0 Å². The third kappa shape index (κ3) is 3.02. The number of carbonyl (C=O) groups excluding carboxylic acids is 1. The summed E-state index contributed by atoms with van der Waals surface area (Å²) in [4.78, 5) is 16.4. The summed E-state index contributed by atoms with van der Waals surface area (Å²) < 4.78 is 25.2. The van der Waals surface area contributed by atoms with Crippen LogP contribution in [0.4, 0.5) is 22.0 Å². The highest BCUT2D eigenvalue weighted by Crippen LogP contribution is 2.33. The molecule has 0 amide bonds. The van der Waals surface area contributed by atoms with Crippen LogP contribution in [0.3, 0.4) is 0 Å². The van der Waals surface area contributed by atoms with Crippen molar-refractivity contribution in [2.24, 2.45) is 0 Å². The maximum Gasteiger partial charge on any atom is 0.281 e. The number of rotatable bonds is 3. The Labute approximate surface area is 147 Å². The Morgan fingerprint density at radius 3 is 2.77 bits per heavy atom. The normalized spacial score (nSPS) is 12.7. The molecule has 1 aliphatic rings. The zero-order valence-corrected chi connectivity index (χ0v) is 13.5. The SMILES string of the molecule is Nc1nc(Nc2ccc3c(c2)OCCO3)nn1C(=O)c1cccc(F)c1. The van der Waals surface area contributed by atoms with E-state index in [9.17, 15) is 9.18 Å². The van der Waals surface area contributed by atoms with Gasteiger partial charge in [0.25, 0.3) is 5.91 Å². The number of aromatic nitrogens is 3. The second-order valence-electron chi connectivity index (χ2n) is 5.50. The van der Waals surface area contributed by atoms with Gasteiger partial charge in [0.05, 0.1) is 0 Å². The molecular weight excluding hydrogens is 341 g/mol. The minimum atomic E-state index is -0.579. The van der Waals surface area contributed by atoms with E-state index in [1.54, 1.807) is 18.2 Å². The van der Waals surface area contributed by atoms with Crippen LogP contribution in [0.1, 0.15) is 10.4 Å². The number of ether oxygens (including phenoxy) is 2. The first-order valence-corrected chi connectivity index (χ1v) is 7.79. The van der Waals surface area contributed by atoms with Gasteiger partial charge in [0.1, 0.15) is 19.0 Å². The summed E-state index contributed by atoms with van der Waals surface area (Å²) in [5, 5.41) is 7.00. The first-order valence-electron chi connectivity index (χ1n) is 7.79. The average Bonchev–Trinajstić information content (AvgIpc) is 3.01. The molecule has 0 spiro atoms. The van der Waals surface area contributed by atoms with Crippen molar-refractivity contribution in [1.82, 2.24) is 14.8 Å². The summed E-state index contributed by atoms with van der Waals surface area (Å²) in [6.07, 6.45) is 0. The van der Waals surface area contributed by atoms with Gasteiger partial charge in [0.2, 0.25) is 11.9 Å². The Hall–Kier alpha value is -3.62. The van der Waals surface area contributed by atoms with E-state index in [-0.39, 0.29) is 17.5 Å². The Kier molecular flexibility index (Phi) is 3.88. The number of nitrogens with zero attached hydrogens (tertiary/aromatic N) is 3. The van der Waals surface area contributed by atoms with Crippen molar-refractivity contribution in [3.05, 3.63) is 53.8 Å². The van der Waals surface area contributed by atoms with Gasteiger partial charge in [-0.05, 0) is 30.3 Å². The molecule has 1 aromatic heterocycles. The fourth-order valence-corrected chi connectivity index (χ4v) is 2.52. The van der Waals surface area contributed by atoms with E-state index < -0.39 is 11.7 Å². The van der Waals surface area contributed by atoms with E-state index in [2.05, 4.69) is 15.4 Å². The van der Waals surface area contributed by atoms with E-state index in [1.807, 2.05) is 0 Å². The number of nitrogens with one attached hydrogen (secondary N) is 1. The third-order valence-electron chi connectivity index (χ3n) is 3.69. The molecule has 1 aliphatic heterocycles. The fraction of sp³-hybridized carbons (Fsp3) is 0.118. The number of nitrogens with two attached hydrogens (primary N) is 1. The van der Waals surface area contributed by atoms with Crippen LogP contribution in [-0.4, -0.2) is 33.9 Å². The number of halogens is 1. The van der Waals surface area contributed by atoms with Gasteiger partial charge in [0.15, 0.2) is 11.5 Å². The van der Waals surface area contributed by atoms with Crippen LogP contribution in [0.25, 0.3) is 0 Å². The Morgan fingerprint density at radius 1 is 1.15 bits per heavy atom. The predicted octanol–water partition coefficient (Wildman–Crippen LogP) is 2.20. The first-order chi connectivity index (χ1) is 12.6. The van der Waals surface area contributed by atoms with Crippen molar-refractivity contribution in [2.75, 3.05) is 24.3 Å². The van der Waals surface area contributed by atoms with E-state index in [1.165, 1.54) is 18.2 Å². The molecule has 0 aliphatic carbocycles. The lowest BCUT2D eigenvalue weighted by Crippen LogP contribution is -2.16. The Balaban J connectivity index is 1.58. The summed E-state index contributed by atoms with van der Waals surface area (Å²) in [6, 6.07) is 10.5. The Morgan fingerprint density at radius 2 is 1.96 bits per heavy atom. The quantitative estimate of drug-likeness (QED) is 0.742. The van der Waals surface area contributed by atoms with Crippen LogP contribution in [0, 0.1) is 5.82 Å². The van der Waals surface area contributed by atoms with Crippen molar-refractivity contribution < 1.29 is 18.7 Å². The molecule has 0 saturated carbocycles. The smallest absolute Gasteiger partial charge is 0.281 e. The molecule has 0 atom stereocenters. The summed E-state index contributed by atoms with van der Waals surface area (Å²) in [6.45, 7) is 0.975. The third-order valence-corrected chi connectivity index (χ3v) is 3.69. The summed E-state index contributed by atoms with van der Waals surface area (Å²) in [5.41, 5.74) is 6.53. The number of fused-ring (bicyclic) bond motifs is 1. The molecule has 0 bridgehead atoms. The van der Waals surface area contributed by atoms with Gasteiger partial charge >= 0.3 is 0 Å². The van der Waals surface area contributed by atoms with Crippen molar-refractivity contribution >= 4 is 23.5 Å². The van der Waals surface area contributed by atoms with Crippen LogP contribution in [-0.2, 0) is 0 Å². The van der Waals surface area contributed by atoms with Crippen LogP contribution in [0.2, 0.25) is 0 Å². The van der Waals surface area contributed by atoms with Gasteiger partial charge in [0, 0.05) is 17.3 Å². The molecule has 8 nitrogen and oxygen atoms in total. The topological polar surface area (TPSA) is 104 Å². The lowest BCUT2D eigenvalue weighted by molar-refractivity contribution is 0.0947. The van der Waals surface area contributed by atoms with Crippen molar-refractivity contribution in [2.45, 2.75) is 0 Å². The first kappa shape index (κ1) is 15.9. The summed E-state index contributed by atoms with van der Waals surface area (Å²) in [5.74, 6) is 0.169. The maximum absolute atomic E-state index is 13.3. The minimum absolute atomic E-state index is 0.112. The van der Waals surface area contributed by atoms with Crippen molar-refractivity contribution in [1.29, 1.82) is 0 Å². The molecule has 0 unspecified atom stereocenters. The standard InChI is InChI=1S/C17H14FN5O3/c18-11-3-1-2-10(8-11)15(24)23-16(19)21-17(22-23)20-12-4-5-13-14(9-12)26-7-6-25-13/h1-5,8-9H,6-7H2,(H3,19,20,21,22). The maximum atomic E-state index is 13.3. The van der Waals surface area contributed by atoms with E-state index >= 15 is 0 Å². The van der Waals surface area contributed by atoms with Gasteiger partial charge in [-0.15, -0.1) is 5.10 Å². The van der Waals surface area contributed by atoms with Gasteiger partial charge in [-0.1, -0.05) is 6.07 Å². The van der Waals surface area contributed by atoms with Crippen LogP contribution in [0.15, 0.2) is 42.5 Å². The van der Waals surface area contributed by atoms with Gasteiger partial charge in [-0.25, -0.2) is 4.39 Å². The van der Waals surface area contributed by atoms with E-state index in [0.717, 1.165) is 10.7 Å². The number of hydrogen-bond donors (Lipinski definition) is 2. The van der Waals surface area contributed by atoms with Crippen LogP contribution in [0.5, 0.6) is 11.5 Å². The monoisotopic (exact) mass is 355 g/mol. The lowest BCUT2D eigenvalue weighted by Gasteiger charge is -2.18. The Bertz CT molecular complexity index is 988. The number of anilines is 3. The van der Waals surface area contributed by atoms with E-state index in [0.29, 0.717) is 30.4 Å². The fourth-order valence-electron chi connectivity index (χ4n) is 2.52. The molecule has 4 rings (SSSR count). The molecule has 3 aromatic rings. The predicted molar refractivity (Wildman–Crippen MR) is 91.3 cm³/mol. The van der Waals surface area contributed by atoms with Crippen LogP contribution < -0.4 is 20.5 Å². The number of nitrogen functional groups attached to an aromatic ring is 1. The molecule has 132 valence electrons. The van der Waals surface area contributed by atoms with E-state index in [4.69, 9.17) is 15.2 Å².